The Morgan fingerprint density at radius 2 is 2.19 bits per heavy atom. The smallest absolute Gasteiger partial charge is 0.221 e. The molecule has 0 aliphatic heterocycles. The molecule has 2 N–H and O–H groups in total. The Bertz CT molecular complexity index is 516. The van der Waals surface area contributed by atoms with E-state index in [0.29, 0.717) is 5.02 Å². The summed E-state index contributed by atoms with van der Waals surface area (Å²) in [6.07, 6.45) is 1.72. The standard InChI is InChI=1S/C11H10ClN3S/c1-7-6-14-11(13)15-10(7)16-9-4-2-3-8(12)5-9/h2-6H,1H3,(H2,13,14,15). The van der Waals surface area contributed by atoms with Crippen molar-refractivity contribution in [3.63, 3.8) is 0 Å². The molecule has 1 aromatic carbocycles. The fourth-order valence-electron chi connectivity index (χ4n) is 1.18. The highest BCUT2D eigenvalue weighted by Crippen LogP contribution is 2.29. The minimum Gasteiger partial charge on any atom is -0.368 e. The predicted octanol–water partition coefficient (Wildman–Crippen LogP) is 3.17. The molecule has 5 heteroatoms. The third-order valence-electron chi connectivity index (χ3n) is 1.95. The number of benzene rings is 1. The normalized spacial score (nSPS) is 10.4. The van der Waals surface area contributed by atoms with Crippen molar-refractivity contribution in [1.82, 2.24) is 9.97 Å². The molecule has 0 unspecified atom stereocenters. The Hall–Kier alpha value is -1.26. The monoisotopic (exact) mass is 251 g/mol. The van der Waals surface area contributed by atoms with Gasteiger partial charge in [0, 0.05) is 21.7 Å². The van der Waals surface area contributed by atoms with Crippen molar-refractivity contribution in [2.24, 2.45) is 0 Å². The van der Waals surface area contributed by atoms with E-state index in [9.17, 15) is 0 Å². The Morgan fingerprint density at radius 3 is 2.94 bits per heavy atom. The van der Waals surface area contributed by atoms with E-state index in [0.717, 1.165) is 15.5 Å². The average Bonchev–Trinajstić information content (AvgIpc) is 2.24. The van der Waals surface area contributed by atoms with Gasteiger partial charge >= 0.3 is 0 Å². The van der Waals surface area contributed by atoms with Crippen LogP contribution in [0, 0.1) is 6.92 Å². The zero-order valence-corrected chi connectivity index (χ0v) is 10.2. The van der Waals surface area contributed by atoms with Crippen molar-refractivity contribution in [3.8, 4) is 0 Å². The van der Waals surface area contributed by atoms with Crippen LogP contribution in [-0.4, -0.2) is 9.97 Å². The Morgan fingerprint density at radius 1 is 1.38 bits per heavy atom. The van der Waals surface area contributed by atoms with Crippen molar-refractivity contribution < 1.29 is 0 Å². The summed E-state index contributed by atoms with van der Waals surface area (Å²) < 4.78 is 0. The highest BCUT2D eigenvalue weighted by Gasteiger charge is 2.04. The molecule has 0 radical (unpaired) electrons. The van der Waals surface area contributed by atoms with Crippen LogP contribution in [0.15, 0.2) is 40.4 Å². The van der Waals surface area contributed by atoms with E-state index in [1.807, 2.05) is 31.2 Å². The lowest BCUT2D eigenvalue weighted by Crippen LogP contribution is -1.97. The van der Waals surface area contributed by atoms with Gasteiger partial charge in [0.2, 0.25) is 5.95 Å². The van der Waals surface area contributed by atoms with Crippen LogP contribution in [0.2, 0.25) is 5.02 Å². The Balaban J connectivity index is 2.30. The number of halogens is 1. The molecule has 0 fully saturated rings. The Kier molecular flexibility index (Phi) is 3.31. The number of aromatic nitrogens is 2. The van der Waals surface area contributed by atoms with Gasteiger partial charge in [0.05, 0.1) is 0 Å². The van der Waals surface area contributed by atoms with Gasteiger partial charge in [0.15, 0.2) is 0 Å². The molecule has 2 rings (SSSR count). The maximum atomic E-state index is 5.91. The van der Waals surface area contributed by atoms with E-state index >= 15 is 0 Å². The van der Waals surface area contributed by atoms with Crippen molar-refractivity contribution in [1.29, 1.82) is 0 Å². The quantitative estimate of drug-likeness (QED) is 0.833. The second-order valence-electron chi connectivity index (χ2n) is 3.28. The van der Waals surface area contributed by atoms with Gasteiger partial charge in [-0.2, -0.15) is 0 Å². The maximum Gasteiger partial charge on any atom is 0.221 e. The molecule has 1 aromatic heterocycles. The van der Waals surface area contributed by atoms with Crippen LogP contribution in [0.4, 0.5) is 5.95 Å². The van der Waals surface area contributed by atoms with Gasteiger partial charge in [-0.05, 0) is 25.1 Å². The summed E-state index contributed by atoms with van der Waals surface area (Å²) >= 11 is 7.44. The van der Waals surface area contributed by atoms with Crippen LogP contribution in [0.25, 0.3) is 0 Å². The first-order chi connectivity index (χ1) is 7.65. The topological polar surface area (TPSA) is 51.8 Å². The van der Waals surface area contributed by atoms with Gasteiger partial charge in [0.25, 0.3) is 0 Å². The second kappa shape index (κ2) is 4.72. The number of nitrogens with two attached hydrogens (primary N) is 1. The minimum atomic E-state index is 0.287. The molecular weight excluding hydrogens is 242 g/mol. The molecule has 1 heterocycles. The Labute approximate surface area is 103 Å². The lowest BCUT2D eigenvalue weighted by Gasteiger charge is -2.04. The van der Waals surface area contributed by atoms with Gasteiger partial charge in [-0.25, -0.2) is 9.97 Å². The summed E-state index contributed by atoms with van der Waals surface area (Å²) in [7, 11) is 0. The molecule has 82 valence electrons. The molecule has 0 saturated heterocycles. The van der Waals surface area contributed by atoms with Crippen molar-refractivity contribution >= 4 is 29.3 Å². The predicted molar refractivity (Wildman–Crippen MR) is 66.8 cm³/mol. The zero-order valence-electron chi connectivity index (χ0n) is 8.64. The minimum absolute atomic E-state index is 0.287. The van der Waals surface area contributed by atoms with Crippen LogP contribution in [-0.2, 0) is 0 Å². The van der Waals surface area contributed by atoms with E-state index in [1.165, 1.54) is 11.8 Å². The molecule has 0 spiro atoms. The fraction of sp³-hybridized carbons (Fsp3) is 0.0909. The number of nitrogen functional groups attached to an aromatic ring is 1. The highest BCUT2D eigenvalue weighted by molar-refractivity contribution is 7.99. The molecule has 0 aliphatic rings. The van der Waals surface area contributed by atoms with E-state index in [1.54, 1.807) is 6.20 Å². The number of nitrogens with zero attached hydrogens (tertiary/aromatic N) is 2. The van der Waals surface area contributed by atoms with E-state index < -0.39 is 0 Å². The maximum absolute atomic E-state index is 5.91. The number of anilines is 1. The van der Waals surface area contributed by atoms with Crippen LogP contribution >= 0.6 is 23.4 Å². The SMILES string of the molecule is Cc1cnc(N)nc1Sc1cccc(Cl)c1. The van der Waals surface area contributed by atoms with E-state index in [-0.39, 0.29) is 5.95 Å². The summed E-state index contributed by atoms with van der Waals surface area (Å²) in [5.41, 5.74) is 6.55. The van der Waals surface area contributed by atoms with E-state index in [2.05, 4.69) is 9.97 Å². The summed E-state index contributed by atoms with van der Waals surface area (Å²) in [5, 5.41) is 1.57. The van der Waals surface area contributed by atoms with Gasteiger partial charge in [-0.3, -0.25) is 0 Å². The number of hydrogen-bond donors (Lipinski definition) is 1. The van der Waals surface area contributed by atoms with Crippen LogP contribution < -0.4 is 5.73 Å². The van der Waals surface area contributed by atoms with E-state index in [4.69, 9.17) is 17.3 Å². The molecule has 2 aromatic rings. The molecule has 0 bridgehead atoms. The van der Waals surface area contributed by atoms with Gasteiger partial charge in [-0.15, -0.1) is 0 Å². The lowest BCUT2D eigenvalue weighted by atomic mass is 10.4. The fourth-order valence-corrected chi connectivity index (χ4v) is 2.35. The van der Waals surface area contributed by atoms with Crippen molar-refractivity contribution in [2.45, 2.75) is 16.8 Å². The number of hydrogen-bond acceptors (Lipinski definition) is 4. The molecule has 0 aliphatic carbocycles. The zero-order chi connectivity index (χ0) is 11.5. The second-order valence-corrected chi connectivity index (χ2v) is 4.77. The van der Waals surface area contributed by atoms with Crippen LogP contribution in [0.3, 0.4) is 0 Å². The summed E-state index contributed by atoms with van der Waals surface area (Å²) in [4.78, 5) is 9.15. The molecule has 0 saturated carbocycles. The van der Waals surface area contributed by atoms with Crippen LogP contribution in [0.1, 0.15) is 5.56 Å². The van der Waals surface area contributed by atoms with Crippen molar-refractivity contribution in [2.75, 3.05) is 5.73 Å². The van der Waals surface area contributed by atoms with Gasteiger partial charge in [-0.1, -0.05) is 29.4 Å². The first-order valence-electron chi connectivity index (χ1n) is 4.67. The highest BCUT2D eigenvalue weighted by atomic mass is 35.5. The molecule has 0 atom stereocenters. The molecular formula is C11H10ClN3S. The average molecular weight is 252 g/mol. The molecule has 0 amide bonds. The third kappa shape index (κ3) is 2.65. The van der Waals surface area contributed by atoms with Gasteiger partial charge in [0.1, 0.15) is 5.03 Å². The summed E-state index contributed by atoms with van der Waals surface area (Å²) in [6.45, 7) is 1.95. The van der Waals surface area contributed by atoms with Crippen molar-refractivity contribution in [3.05, 3.63) is 41.0 Å². The van der Waals surface area contributed by atoms with Crippen LogP contribution in [0.5, 0.6) is 0 Å². The van der Waals surface area contributed by atoms with Gasteiger partial charge < -0.3 is 5.73 Å². The summed E-state index contributed by atoms with van der Waals surface area (Å²) in [6, 6.07) is 7.62. The number of aryl methyl sites for hydroxylation is 1. The molecule has 16 heavy (non-hydrogen) atoms. The first-order valence-corrected chi connectivity index (χ1v) is 5.87. The first kappa shape index (κ1) is 11.2. The third-order valence-corrected chi connectivity index (χ3v) is 3.29. The largest absolute Gasteiger partial charge is 0.368 e. The lowest BCUT2D eigenvalue weighted by molar-refractivity contribution is 1.02. The number of rotatable bonds is 2. The summed E-state index contributed by atoms with van der Waals surface area (Å²) in [5.74, 6) is 0.287. The molecule has 3 nitrogen and oxygen atoms in total.